The number of rotatable bonds is 4. The van der Waals surface area contributed by atoms with Gasteiger partial charge in [0.15, 0.2) is 0 Å². The molecule has 1 fully saturated rings. The number of amides is 1. The molecule has 2 N–H and O–H groups in total. The Balaban J connectivity index is 0.00000243. The highest BCUT2D eigenvalue weighted by Crippen LogP contribution is 2.30. The minimum absolute atomic E-state index is 0. The number of halogens is 2. The first-order valence-electron chi connectivity index (χ1n) is 8.53. The summed E-state index contributed by atoms with van der Waals surface area (Å²) in [6.45, 7) is 3.45. The topological polar surface area (TPSA) is 55.6 Å². The number of morpholine rings is 1. The Hall–Kier alpha value is -1.59. The number of carbonyl (C=O) groups is 1. The number of ether oxygens (including phenoxy) is 1. The maximum absolute atomic E-state index is 12.9. The summed E-state index contributed by atoms with van der Waals surface area (Å²) in [7, 11) is 0. The Morgan fingerprint density at radius 3 is 2.54 bits per heavy atom. The van der Waals surface area contributed by atoms with Crippen LogP contribution in [0.5, 0.6) is 0 Å². The minimum atomic E-state index is -0.324. The zero-order valence-corrected chi connectivity index (χ0v) is 16.2. The van der Waals surface area contributed by atoms with Crippen molar-refractivity contribution < 1.29 is 9.53 Å². The molecule has 1 amide bonds. The summed E-state index contributed by atoms with van der Waals surface area (Å²) in [5, 5.41) is 0.663. The molecular formula is C20H24Cl2N2O2. The summed E-state index contributed by atoms with van der Waals surface area (Å²) < 4.78 is 5.84. The molecule has 0 spiro atoms. The average Bonchev–Trinajstić information content (AvgIpc) is 2.67. The summed E-state index contributed by atoms with van der Waals surface area (Å²) in [5.74, 6) is -0.246. The molecule has 140 valence electrons. The van der Waals surface area contributed by atoms with E-state index >= 15 is 0 Å². The van der Waals surface area contributed by atoms with Crippen molar-refractivity contribution in [3.63, 3.8) is 0 Å². The number of nitrogens with two attached hydrogens (primary N) is 1. The molecular weight excluding hydrogens is 371 g/mol. The molecule has 2 aromatic carbocycles. The summed E-state index contributed by atoms with van der Waals surface area (Å²) in [6, 6.07) is 17.0. The molecule has 3 rings (SSSR count). The van der Waals surface area contributed by atoms with Gasteiger partial charge >= 0.3 is 0 Å². The van der Waals surface area contributed by atoms with Gasteiger partial charge < -0.3 is 15.4 Å². The van der Waals surface area contributed by atoms with Crippen molar-refractivity contribution in [2.75, 3.05) is 19.7 Å². The molecule has 1 saturated heterocycles. The largest absolute Gasteiger partial charge is 0.370 e. The second-order valence-electron chi connectivity index (χ2n) is 6.39. The highest BCUT2D eigenvalue weighted by molar-refractivity contribution is 6.31. The number of nitrogens with zero attached hydrogens (tertiary/aromatic N) is 1. The number of benzene rings is 2. The highest BCUT2D eigenvalue weighted by Gasteiger charge is 2.31. The van der Waals surface area contributed by atoms with Crippen molar-refractivity contribution in [3.05, 3.63) is 70.7 Å². The van der Waals surface area contributed by atoms with Crippen LogP contribution < -0.4 is 5.73 Å². The van der Waals surface area contributed by atoms with Crippen LogP contribution in [0.25, 0.3) is 0 Å². The summed E-state index contributed by atoms with van der Waals surface area (Å²) >= 11 is 6.27. The second kappa shape index (κ2) is 9.38. The van der Waals surface area contributed by atoms with Gasteiger partial charge in [-0.05, 0) is 11.6 Å². The normalized spacial score (nSPS) is 19.3. The van der Waals surface area contributed by atoms with E-state index in [1.165, 1.54) is 0 Å². The lowest BCUT2D eigenvalue weighted by Gasteiger charge is -2.36. The highest BCUT2D eigenvalue weighted by atomic mass is 35.5. The molecule has 0 saturated carbocycles. The van der Waals surface area contributed by atoms with E-state index in [0.29, 0.717) is 24.7 Å². The molecule has 1 aliphatic rings. The lowest BCUT2D eigenvalue weighted by Crippen LogP contribution is -2.46. The van der Waals surface area contributed by atoms with Crippen LogP contribution in [0.1, 0.15) is 30.2 Å². The first-order valence-corrected chi connectivity index (χ1v) is 8.91. The Bertz CT molecular complexity index is 727. The average molecular weight is 395 g/mol. The van der Waals surface area contributed by atoms with Crippen LogP contribution in [0.4, 0.5) is 0 Å². The number of carbonyl (C=O) groups excluding carboxylic acids is 1. The van der Waals surface area contributed by atoms with Crippen LogP contribution in [-0.2, 0) is 9.53 Å². The monoisotopic (exact) mass is 394 g/mol. The first kappa shape index (κ1) is 20.7. The second-order valence-corrected chi connectivity index (χ2v) is 6.80. The van der Waals surface area contributed by atoms with Crippen molar-refractivity contribution in [2.45, 2.75) is 19.1 Å². The van der Waals surface area contributed by atoms with Gasteiger partial charge in [-0.3, -0.25) is 4.79 Å². The van der Waals surface area contributed by atoms with E-state index in [4.69, 9.17) is 22.1 Å². The van der Waals surface area contributed by atoms with E-state index in [0.717, 1.165) is 11.1 Å². The molecule has 0 aromatic heterocycles. The van der Waals surface area contributed by atoms with E-state index in [1.54, 1.807) is 0 Å². The van der Waals surface area contributed by atoms with Gasteiger partial charge in [0.2, 0.25) is 5.91 Å². The van der Waals surface area contributed by atoms with Crippen LogP contribution in [0, 0.1) is 5.92 Å². The zero-order valence-electron chi connectivity index (χ0n) is 14.7. The maximum atomic E-state index is 12.9. The van der Waals surface area contributed by atoms with Crippen molar-refractivity contribution in [1.82, 2.24) is 4.90 Å². The molecule has 26 heavy (non-hydrogen) atoms. The van der Waals surface area contributed by atoms with Crippen LogP contribution in [-0.4, -0.2) is 30.5 Å². The van der Waals surface area contributed by atoms with Crippen LogP contribution >= 0.6 is 24.0 Å². The third kappa shape index (κ3) is 4.57. The van der Waals surface area contributed by atoms with Crippen molar-refractivity contribution in [1.29, 1.82) is 0 Å². The van der Waals surface area contributed by atoms with Crippen LogP contribution in [0.2, 0.25) is 5.02 Å². The Labute approximate surface area is 165 Å². The number of hydrogen-bond acceptors (Lipinski definition) is 3. The van der Waals surface area contributed by atoms with Crippen molar-refractivity contribution >= 4 is 29.9 Å². The van der Waals surface area contributed by atoms with E-state index < -0.39 is 0 Å². The maximum Gasteiger partial charge on any atom is 0.227 e. The zero-order chi connectivity index (χ0) is 17.8. The Kier molecular flexibility index (Phi) is 7.47. The van der Waals surface area contributed by atoms with Gasteiger partial charge in [0.1, 0.15) is 6.10 Å². The quantitative estimate of drug-likeness (QED) is 0.852. The molecule has 3 atom stereocenters. The SMILES string of the molecule is CC(C(=O)N1CCOC(c2ccccc2Cl)C1)C(N)c1ccccc1.Cl. The molecule has 1 heterocycles. The molecule has 0 radical (unpaired) electrons. The predicted molar refractivity (Wildman–Crippen MR) is 107 cm³/mol. The summed E-state index contributed by atoms with van der Waals surface area (Å²) in [5.41, 5.74) is 8.21. The van der Waals surface area contributed by atoms with Gasteiger partial charge in [0.05, 0.1) is 19.1 Å². The Morgan fingerprint density at radius 1 is 1.19 bits per heavy atom. The van der Waals surface area contributed by atoms with Gasteiger partial charge in [-0.1, -0.05) is 67.1 Å². The fraction of sp³-hybridized carbons (Fsp3) is 0.350. The summed E-state index contributed by atoms with van der Waals surface area (Å²) in [4.78, 5) is 14.8. The smallest absolute Gasteiger partial charge is 0.227 e. The fourth-order valence-electron chi connectivity index (χ4n) is 3.18. The third-order valence-electron chi connectivity index (χ3n) is 4.74. The van der Waals surface area contributed by atoms with Crippen molar-refractivity contribution in [2.24, 2.45) is 11.7 Å². The van der Waals surface area contributed by atoms with Gasteiger partial charge in [-0.15, -0.1) is 12.4 Å². The number of hydrogen-bond donors (Lipinski definition) is 1. The van der Waals surface area contributed by atoms with Crippen LogP contribution in [0.15, 0.2) is 54.6 Å². The van der Waals surface area contributed by atoms with E-state index in [2.05, 4.69) is 0 Å². The van der Waals surface area contributed by atoms with Gasteiger partial charge in [-0.25, -0.2) is 0 Å². The molecule has 2 aromatic rings. The first-order chi connectivity index (χ1) is 12.1. The van der Waals surface area contributed by atoms with E-state index in [9.17, 15) is 4.79 Å². The molecule has 3 unspecified atom stereocenters. The summed E-state index contributed by atoms with van der Waals surface area (Å²) in [6.07, 6.45) is -0.202. The molecule has 6 heteroatoms. The van der Waals surface area contributed by atoms with Gasteiger partial charge in [-0.2, -0.15) is 0 Å². The van der Waals surface area contributed by atoms with Crippen molar-refractivity contribution in [3.8, 4) is 0 Å². The van der Waals surface area contributed by atoms with E-state index in [-0.39, 0.29) is 36.4 Å². The van der Waals surface area contributed by atoms with E-state index in [1.807, 2.05) is 66.4 Å². The third-order valence-corrected chi connectivity index (χ3v) is 5.09. The lowest BCUT2D eigenvalue weighted by atomic mass is 9.93. The predicted octanol–water partition coefficient (Wildman–Crippen LogP) is 4.00. The molecule has 1 aliphatic heterocycles. The molecule has 4 nitrogen and oxygen atoms in total. The van der Waals surface area contributed by atoms with Gasteiger partial charge in [0, 0.05) is 23.2 Å². The Morgan fingerprint density at radius 2 is 1.85 bits per heavy atom. The molecule has 0 bridgehead atoms. The van der Waals surface area contributed by atoms with Gasteiger partial charge in [0.25, 0.3) is 0 Å². The standard InChI is InChI=1S/C20H23ClN2O2.ClH/c1-14(19(22)15-7-3-2-4-8-15)20(24)23-11-12-25-18(13-23)16-9-5-6-10-17(16)21;/h2-10,14,18-19H,11-13,22H2,1H3;1H. The fourth-order valence-corrected chi connectivity index (χ4v) is 3.44. The lowest BCUT2D eigenvalue weighted by molar-refractivity contribution is -0.143. The minimum Gasteiger partial charge on any atom is -0.370 e. The van der Waals surface area contributed by atoms with Crippen LogP contribution in [0.3, 0.4) is 0 Å². The molecule has 0 aliphatic carbocycles.